The van der Waals surface area contributed by atoms with E-state index in [1.54, 1.807) is 6.92 Å². The minimum atomic E-state index is -0.995. The third kappa shape index (κ3) is 2.99. The number of nitrogens with two attached hydrogens (primary N) is 1. The number of amides is 4. The van der Waals surface area contributed by atoms with Crippen LogP contribution in [-0.2, 0) is 16.0 Å². The lowest BCUT2D eigenvalue weighted by atomic mass is 9.93. The molecule has 2 heterocycles. The molecule has 8 nitrogen and oxygen atoms in total. The molecule has 1 saturated heterocycles. The number of carbonyl (C=O) groups excluding carboxylic acids is 3. The number of hydrogen-bond acceptors (Lipinski definition) is 5. The molecule has 4 amide bonds. The number of nitrogens with zero attached hydrogens (tertiary/aromatic N) is 1. The number of fused-ring (bicyclic) bond motifs is 1. The van der Waals surface area contributed by atoms with Gasteiger partial charge in [-0.25, -0.2) is 4.79 Å². The van der Waals surface area contributed by atoms with E-state index in [1.807, 2.05) is 18.2 Å². The van der Waals surface area contributed by atoms with Gasteiger partial charge in [-0.05, 0) is 37.5 Å². The van der Waals surface area contributed by atoms with Crippen molar-refractivity contribution >= 4 is 17.8 Å². The standard InChI is InChI=1S/C16H19N3O5/c1-16(14(21)19(15(22)18-16)7-5-13(17)20)6-4-10-2-3-11-12(8-10)24-9-23-11/h2-3,8H,4-7,9H2,1H3,(H2,17,20)(H,18,22)/t16-/m1/s1. The summed E-state index contributed by atoms with van der Waals surface area (Å²) in [6.45, 7) is 1.89. The van der Waals surface area contributed by atoms with Crippen LogP contribution in [0.25, 0.3) is 0 Å². The van der Waals surface area contributed by atoms with E-state index in [0.29, 0.717) is 24.3 Å². The average Bonchev–Trinajstić information content (AvgIpc) is 3.07. The van der Waals surface area contributed by atoms with E-state index in [1.165, 1.54) is 0 Å². The number of carbonyl (C=O) groups is 3. The van der Waals surface area contributed by atoms with Gasteiger partial charge in [0.05, 0.1) is 0 Å². The summed E-state index contributed by atoms with van der Waals surface area (Å²) in [7, 11) is 0. The van der Waals surface area contributed by atoms with Crippen molar-refractivity contribution in [3.8, 4) is 11.5 Å². The number of nitrogens with one attached hydrogen (secondary N) is 1. The predicted molar refractivity (Wildman–Crippen MR) is 83.3 cm³/mol. The van der Waals surface area contributed by atoms with Gasteiger partial charge in [-0.15, -0.1) is 0 Å². The molecule has 0 bridgehead atoms. The Balaban J connectivity index is 1.65. The molecule has 0 spiro atoms. The lowest BCUT2D eigenvalue weighted by Gasteiger charge is -2.21. The maximum Gasteiger partial charge on any atom is 0.325 e. The highest BCUT2D eigenvalue weighted by Gasteiger charge is 2.47. The van der Waals surface area contributed by atoms with Crippen molar-refractivity contribution in [2.45, 2.75) is 31.7 Å². The van der Waals surface area contributed by atoms with Crippen molar-refractivity contribution < 1.29 is 23.9 Å². The van der Waals surface area contributed by atoms with E-state index in [2.05, 4.69) is 5.32 Å². The van der Waals surface area contributed by atoms with E-state index in [9.17, 15) is 14.4 Å². The van der Waals surface area contributed by atoms with Gasteiger partial charge < -0.3 is 20.5 Å². The van der Waals surface area contributed by atoms with Gasteiger partial charge in [-0.2, -0.15) is 0 Å². The maximum absolute atomic E-state index is 12.5. The van der Waals surface area contributed by atoms with E-state index in [-0.39, 0.29) is 25.7 Å². The van der Waals surface area contributed by atoms with Crippen LogP contribution in [0.1, 0.15) is 25.3 Å². The number of primary amides is 1. The number of rotatable bonds is 6. The first-order valence-electron chi connectivity index (χ1n) is 7.70. The number of aryl methyl sites for hydroxylation is 1. The summed E-state index contributed by atoms with van der Waals surface area (Å²) in [5.74, 6) is 0.495. The zero-order valence-corrected chi connectivity index (χ0v) is 13.3. The molecular weight excluding hydrogens is 314 g/mol. The fourth-order valence-electron chi connectivity index (χ4n) is 2.83. The monoisotopic (exact) mass is 333 g/mol. The highest BCUT2D eigenvalue weighted by molar-refractivity contribution is 6.07. The lowest BCUT2D eigenvalue weighted by molar-refractivity contribution is -0.131. The van der Waals surface area contributed by atoms with Crippen molar-refractivity contribution in [1.82, 2.24) is 10.2 Å². The Labute approximate surface area is 138 Å². The van der Waals surface area contributed by atoms with Gasteiger partial charge in [0, 0.05) is 13.0 Å². The molecule has 8 heteroatoms. The molecule has 2 aliphatic rings. The number of benzene rings is 1. The third-order valence-electron chi connectivity index (χ3n) is 4.28. The third-order valence-corrected chi connectivity index (χ3v) is 4.28. The minimum absolute atomic E-state index is 0.000383. The normalized spacial score (nSPS) is 22.0. The van der Waals surface area contributed by atoms with Crippen molar-refractivity contribution in [1.29, 1.82) is 0 Å². The van der Waals surface area contributed by atoms with Crippen LogP contribution in [0.2, 0.25) is 0 Å². The van der Waals surface area contributed by atoms with Gasteiger partial charge in [0.1, 0.15) is 5.54 Å². The zero-order chi connectivity index (χ0) is 17.3. The fraction of sp³-hybridized carbons (Fsp3) is 0.438. The predicted octanol–water partition coefficient (Wildman–Crippen LogP) is 0.534. The molecule has 2 aliphatic heterocycles. The number of ether oxygens (including phenoxy) is 2. The van der Waals surface area contributed by atoms with E-state index < -0.39 is 17.5 Å². The van der Waals surface area contributed by atoms with Crippen LogP contribution < -0.4 is 20.5 Å². The first-order chi connectivity index (χ1) is 11.4. The molecule has 1 atom stereocenters. The minimum Gasteiger partial charge on any atom is -0.454 e. The van der Waals surface area contributed by atoms with E-state index in [0.717, 1.165) is 10.5 Å². The quantitative estimate of drug-likeness (QED) is 0.738. The van der Waals surface area contributed by atoms with Crippen LogP contribution in [0, 0.1) is 0 Å². The van der Waals surface area contributed by atoms with E-state index in [4.69, 9.17) is 15.2 Å². The van der Waals surface area contributed by atoms with Gasteiger partial charge in [0.15, 0.2) is 11.5 Å². The molecule has 3 N–H and O–H groups in total. The fourth-order valence-corrected chi connectivity index (χ4v) is 2.83. The van der Waals surface area contributed by atoms with Gasteiger partial charge in [0.2, 0.25) is 12.7 Å². The van der Waals surface area contributed by atoms with Crippen molar-refractivity contribution in [2.24, 2.45) is 5.73 Å². The highest BCUT2D eigenvalue weighted by atomic mass is 16.7. The van der Waals surface area contributed by atoms with Gasteiger partial charge in [-0.3, -0.25) is 14.5 Å². The molecule has 0 aromatic heterocycles. The molecule has 0 aliphatic carbocycles. The van der Waals surface area contributed by atoms with E-state index >= 15 is 0 Å². The van der Waals surface area contributed by atoms with Crippen LogP contribution in [0.3, 0.4) is 0 Å². The van der Waals surface area contributed by atoms with Crippen molar-refractivity contribution in [2.75, 3.05) is 13.3 Å². The van der Waals surface area contributed by atoms with Gasteiger partial charge in [-0.1, -0.05) is 6.07 Å². The number of hydrogen-bond donors (Lipinski definition) is 2. The molecule has 24 heavy (non-hydrogen) atoms. The zero-order valence-electron chi connectivity index (χ0n) is 13.3. The molecule has 0 unspecified atom stereocenters. The lowest BCUT2D eigenvalue weighted by Crippen LogP contribution is -2.44. The SMILES string of the molecule is C[C@]1(CCc2ccc3c(c2)OCO3)NC(=O)N(CCC(N)=O)C1=O. The first kappa shape index (κ1) is 16.1. The van der Waals surface area contributed by atoms with Crippen LogP contribution in [0.5, 0.6) is 11.5 Å². The molecule has 0 radical (unpaired) electrons. The Hall–Kier alpha value is -2.77. The summed E-state index contributed by atoms with van der Waals surface area (Å²) in [5.41, 5.74) is 5.07. The average molecular weight is 333 g/mol. The highest BCUT2D eigenvalue weighted by Crippen LogP contribution is 2.33. The number of imide groups is 1. The van der Waals surface area contributed by atoms with Crippen molar-refractivity contribution in [3.63, 3.8) is 0 Å². The second-order valence-electron chi connectivity index (χ2n) is 6.12. The Morgan fingerprint density at radius 1 is 1.33 bits per heavy atom. The Morgan fingerprint density at radius 2 is 2.08 bits per heavy atom. The van der Waals surface area contributed by atoms with Gasteiger partial charge >= 0.3 is 6.03 Å². The summed E-state index contributed by atoms with van der Waals surface area (Å²) < 4.78 is 10.6. The van der Waals surface area contributed by atoms with Crippen molar-refractivity contribution in [3.05, 3.63) is 23.8 Å². The summed E-state index contributed by atoms with van der Waals surface area (Å²) in [6, 6.07) is 5.11. The molecule has 0 saturated carbocycles. The van der Waals surface area contributed by atoms with Crippen LogP contribution in [0.4, 0.5) is 4.79 Å². The topological polar surface area (TPSA) is 111 Å². The summed E-state index contributed by atoms with van der Waals surface area (Å²) >= 11 is 0. The van der Waals surface area contributed by atoms with Crippen LogP contribution in [0.15, 0.2) is 18.2 Å². The Morgan fingerprint density at radius 3 is 2.83 bits per heavy atom. The number of urea groups is 1. The largest absolute Gasteiger partial charge is 0.454 e. The summed E-state index contributed by atoms with van der Waals surface area (Å²) in [4.78, 5) is 36.4. The smallest absolute Gasteiger partial charge is 0.325 e. The molecule has 3 rings (SSSR count). The Kier molecular flexibility index (Phi) is 4.04. The molecule has 1 fully saturated rings. The summed E-state index contributed by atoms with van der Waals surface area (Å²) in [5, 5.41) is 2.71. The van der Waals surface area contributed by atoms with Crippen LogP contribution in [-0.4, -0.2) is 41.6 Å². The molecule has 128 valence electrons. The van der Waals surface area contributed by atoms with Gasteiger partial charge in [0.25, 0.3) is 5.91 Å². The van der Waals surface area contributed by atoms with Crippen LogP contribution >= 0.6 is 0 Å². The second-order valence-corrected chi connectivity index (χ2v) is 6.12. The molecular formula is C16H19N3O5. The molecule has 1 aromatic rings. The maximum atomic E-state index is 12.5. The molecule has 1 aromatic carbocycles. The Bertz CT molecular complexity index is 705. The summed E-state index contributed by atoms with van der Waals surface area (Å²) in [6.07, 6.45) is 0.977. The first-order valence-corrected chi connectivity index (χ1v) is 7.70. The second kappa shape index (κ2) is 6.03.